The lowest BCUT2D eigenvalue weighted by Crippen LogP contribution is -2.48. The molecule has 0 saturated heterocycles. The van der Waals surface area contributed by atoms with Gasteiger partial charge >= 0.3 is 0 Å². The average Bonchev–Trinajstić information content (AvgIpc) is 3.08. The fourth-order valence-corrected chi connectivity index (χ4v) is 5.58. The lowest BCUT2D eigenvalue weighted by molar-refractivity contribution is 0.0830. The number of nitrogens with zero attached hydrogens (tertiary/aromatic N) is 1. The Labute approximate surface area is 281 Å². The van der Waals surface area contributed by atoms with Crippen LogP contribution >= 0.6 is 0 Å². The molecule has 4 rings (SSSR count). The molecule has 0 aliphatic heterocycles. The molecule has 254 valence electrons. The molecule has 0 bridgehead atoms. The largest absolute Gasteiger partial charge is 0.504 e. The van der Waals surface area contributed by atoms with Gasteiger partial charge < -0.3 is 30.9 Å². The molecule has 5 N–H and O–H groups in total. The molecule has 12 heteroatoms. The number of hydrogen-bond acceptors (Lipinski definition) is 8. The molecule has 0 saturated carbocycles. The van der Waals surface area contributed by atoms with Gasteiger partial charge in [0.05, 0.1) is 37.2 Å². The van der Waals surface area contributed by atoms with Gasteiger partial charge in [-0.3, -0.25) is 13.9 Å². The maximum Gasteiger partial charge on any atom is 0.251 e. The van der Waals surface area contributed by atoms with Crippen molar-refractivity contribution in [3.05, 3.63) is 125 Å². The summed E-state index contributed by atoms with van der Waals surface area (Å²) in [6.45, 7) is 2.30. The van der Waals surface area contributed by atoms with Gasteiger partial charge in [0.15, 0.2) is 11.5 Å². The van der Waals surface area contributed by atoms with Crippen LogP contribution in [-0.4, -0.2) is 69.5 Å². The monoisotopic (exact) mass is 674 g/mol. The highest BCUT2D eigenvalue weighted by Crippen LogP contribution is 2.26. The summed E-state index contributed by atoms with van der Waals surface area (Å²) in [5, 5.41) is 30.2. The number of ether oxygens (including phenoxy) is 1. The van der Waals surface area contributed by atoms with Crippen LogP contribution in [0.2, 0.25) is 0 Å². The Morgan fingerprint density at radius 2 is 1.46 bits per heavy atom. The van der Waals surface area contributed by atoms with E-state index in [-0.39, 0.29) is 35.2 Å². The quantitative estimate of drug-likeness (QED) is 0.128. The molecule has 48 heavy (non-hydrogen) atoms. The third-order valence-electron chi connectivity index (χ3n) is 7.96. The highest BCUT2D eigenvalue weighted by atomic mass is 32.2. The standard InChI is InChI=1S/C36H42N4O7S/c1-24(27-13-9-6-10-14-27)38-35(43)28-19-29(21-30(20-28)40(2)48(4,45)46)36(44)39-31(17-25-11-7-5-8-12-25)33(42)23-37-22-26-15-16-32(41)34(18-26)47-3/h5-16,18-21,24,31,33,37,41-42H,17,22-23H2,1-4H3,(H,38,43)(H,39,44). The van der Waals surface area contributed by atoms with Crippen molar-refractivity contribution in [2.75, 3.05) is 31.3 Å². The van der Waals surface area contributed by atoms with Gasteiger partial charge in [-0.2, -0.15) is 0 Å². The SMILES string of the molecule is COc1cc(CNCC(O)C(Cc2ccccc2)NC(=O)c2cc(C(=O)NC(C)c3ccccc3)cc(N(C)S(C)(=O)=O)c2)ccc1O. The molecule has 3 atom stereocenters. The lowest BCUT2D eigenvalue weighted by atomic mass is 10.00. The first-order chi connectivity index (χ1) is 22.8. The smallest absolute Gasteiger partial charge is 0.251 e. The van der Waals surface area contributed by atoms with E-state index >= 15 is 0 Å². The second-order valence-electron chi connectivity index (χ2n) is 11.6. The van der Waals surface area contributed by atoms with E-state index in [1.165, 1.54) is 38.4 Å². The summed E-state index contributed by atoms with van der Waals surface area (Å²) in [6, 6.07) is 26.8. The van der Waals surface area contributed by atoms with Crippen LogP contribution in [-0.2, 0) is 23.0 Å². The zero-order chi connectivity index (χ0) is 34.8. The predicted molar refractivity (Wildman–Crippen MR) is 186 cm³/mol. The number of amides is 2. The lowest BCUT2D eigenvalue weighted by Gasteiger charge is -2.26. The Kier molecular flexibility index (Phi) is 12.2. The van der Waals surface area contributed by atoms with Gasteiger partial charge in [-0.05, 0) is 60.4 Å². The van der Waals surface area contributed by atoms with E-state index in [0.717, 1.165) is 27.3 Å². The summed E-state index contributed by atoms with van der Waals surface area (Å²) in [4.78, 5) is 27.2. The van der Waals surface area contributed by atoms with Crippen LogP contribution in [0.15, 0.2) is 97.1 Å². The second kappa shape index (κ2) is 16.3. The minimum atomic E-state index is -3.72. The van der Waals surface area contributed by atoms with E-state index in [9.17, 15) is 28.2 Å². The van der Waals surface area contributed by atoms with Gasteiger partial charge in [0.1, 0.15) is 0 Å². The molecular weight excluding hydrogens is 632 g/mol. The summed E-state index contributed by atoms with van der Waals surface area (Å²) >= 11 is 0. The first kappa shape index (κ1) is 35.9. The number of aromatic hydroxyl groups is 1. The van der Waals surface area contributed by atoms with Gasteiger partial charge in [0.25, 0.3) is 11.8 Å². The molecule has 0 spiro atoms. The first-order valence-corrected chi connectivity index (χ1v) is 17.2. The zero-order valence-electron chi connectivity index (χ0n) is 27.4. The molecule has 11 nitrogen and oxygen atoms in total. The maximum atomic E-state index is 13.8. The van der Waals surface area contributed by atoms with Crippen LogP contribution in [0.1, 0.15) is 50.4 Å². The second-order valence-corrected chi connectivity index (χ2v) is 13.6. The van der Waals surface area contributed by atoms with Crippen LogP contribution in [0.4, 0.5) is 5.69 Å². The van der Waals surface area contributed by atoms with Crippen molar-refractivity contribution < 1.29 is 33.0 Å². The number of carbonyl (C=O) groups is 2. The van der Waals surface area contributed by atoms with Crippen molar-refractivity contribution in [3.8, 4) is 11.5 Å². The molecule has 0 aromatic heterocycles. The molecule has 0 heterocycles. The Balaban J connectivity index is 1.57. The number of carbonyl (C=O) groups excluding carboxylic acids is 2. The highest BCUT2D eigenvalue weighted by Gasteiger charge is 2.25. The molecule has 0 fully saturated rings. The van der Waals surface area contributed by atoms with Crippen molar-refractivity contribution in [1.29, 1.82) is 0 Å². The fraction of sp³-hybridized carbons (Fsp3) is 0.278. The van der Waals surface area contributed by atoms with E-state index < -0.39 is 34.0 Å². The third-order valence-corrected chi connectivity index (χ3v) is 9.16. The van der Waals surface area contributed by atoms with Crippen LogP contribution < -0.4 is 25.0 Å². The molecular formula is C36H42N4O7S. The van der Waals surface area contributed by atoms with Crippen molar-refractivity contribution in [2.24, 2.45) is 0 Å². The van der Waals surface area contributed by atoms with Crippen molar-refractivity contribution in [2.45, 2.75) is 38.1 Å². The van der Waals surface area contributed by atoms with E-state index in [2.05, 4.69) is 16.0 Å². The normalized spacial score (nSPS) is 13.2. The van der Waals surface area contributed by atoms with Gasteiger partial charge in [-0.15, -0.1) is 0 Å². The third kappa shape index (κ3) is 9.80. The topological polar surface area (TPSA) is 157 Å². The number of phenols is 1. The molecule has 0 aliphatic rings. The van der Waals surface area contributed by atoms with Crippen LogP contribution in [0.5, 0.6) is 11.5 Å². The molecule has 2 amide bonds. The van der Waals surface area contributed by atoms with E-state index in [0.29, 0.717) is 18.7 Å². The van der Waals surface area contributed by atoms with E-state index in [4.69, 9.17) is 4.74 Å². The van der Waals surface area contributed by atoms with Crippen molar-refractivity contribution >= 4 is 27.5 Å². The Morgan fingerprint density at radius 1 is 0.854 bits per heavy atom. The maximum absolute atomic E-state index is 13.8. The number of benzene rings is 4. The molecule has 4 aromatic rings. The van der Waals surface area contributed by atoms with Gasteiger partial charge in [0, 0.05) is 31.3 Å². The minimum Gasteiger partial charge on any atom is -0.504 e. The summed E-state index contributed by atoms with van der Waals surface area (Å²) in [5.41, 5.74) is 2.86. The van der Waals surface area contributed by atoms with Gasteiger partial charge in [-0.25, -0.2) is 8.42 Å². The molecule has 0 radical (unpaired) electrons. The highest BCUT2D eigenvalue weighted by molar-refractivity contribution is 7.92. The molecule has 0 aliphatic carbocycles. The Bertz CT molecular complexity index is 1800. The number of anilines is 1. The number of phenolic OH excluding ortho intramolecular Hbond substituents is 1. The number of rotatable bonds is 15. The van der Waals surface area contributed by atoms with Crippen LogP contribution in [0.25, 0.3) is 0 Å². The molecule has 4 aromatic carbocycles. The van der Waals surface area contributed by atoms with Crippen molar-refractivity contribution in [1.82, 2.24) is 16.0 Å². The van der Waals surface area contributed by atoms with Crippen molar-refractivity contribution in [3.63, 3.8) is 0 Å². The summed E-state index contributed by atoms with van der Waals surface area (Å²) in [5.74, 6) is -0.729. The summed E-state index contributed by atoms with van der Waals surface area (Å²) in [7, 11) is -0.918. The van der Waals surface area contributed by atoms with Gasteiger partial charge in [0.2, 0.25) is 10.0 Å². The van der Waals surface area contributed by atoms with Crippen LogP contribution in [0.3, 0.4) is 0 Å². The number of hydrogen-bond donors (Lipinski definition) is 5. The predicted octanol–water partition coefficient (Wildman–Crippen LogP) is 3.78. The number of methoxy groups -OCH3 is 1. The average molecular weight is 675 g/mol. The number of aliphatic hydroxyl groups is 1. The Hall–Kier alpha value is -4.91. The Morgan fingerprint density at radius 3 is 2.06 bits per heavy atom. The summed E-state index contributed by atoms with van der Waals surface area (Å²) < 4.78 is 31.1. The van der Waals surface area contributed by atoms with Crippen LogP contribution in [0, 0.1) is 0 Å². The number of sulfonamides is 1. The van der Waals surface area contributed by atoms with E-state index in [1.54, 1.807) is 12.1 Å². The number of aliphatic hydroxyl groups excluding tert-OH is 1. The first-order valence-electron chi connectivity index (χ1n) is 15.4. The fourth-order valence-electron chi connectivity index (χ4n) is 5.09. The zero-order valence-corrected chi connectivity index (χ0v) is 28.2. The molecule has 3 unspecified atom stereocenters. The minimum absolute atomic E-state index is 0.0186. The van der Waals surface area contributed by atoms with Gasteiger partial charge in [-0.1, -0.05) is 66.7 Å². The number of nitrogens with one attached hydrogen (secondary N) is 3. The summed E-state index contributed by atoms with van der Waals surface area (Å²) in [6.07, 6.45) is 0.294. The van der Waals surface area contributed by atoms with E-state index in [1.807, 2.05) is 67.6 Å².